The number of hydrogen-bond acceptors (Lipinski definition) is 5. The minimum Gasteiger partial charge on any atom is -0.456 e. The highest BCUT2D eigenvalue weighted by Crippen LogP contribution is 2.30. The summed E-state index contributed by atoms with van der Waals surface area (Å²) in [7, 11) is 0. The second kappa shape index (κ2) is 7.90. The molecule has 0 radical (unpaired) electrons. The van der Waals surface area contributed by atoms with E-state index in [1.807, 2.05) is 5.38 Å². The summed E-state index contributed by atoms with van der Waals surface area (Å²) in [6.45, 7) is 0.0523. The van der Waals surface area contributed by atoms with E-state index in [0.717, 1.165) is 23.4 Å². The minimum atomic E-state index is -0.462. The molecule has 0 unspecified atom stereocenters. The van der Waals surface area contributed by atoms with Crippen molar-refractivity contribution >= 4 is 28.9 Å². The molecule has 0 bridgehead atoms. The maximum atomic E-state index is 13.0. The first-order valence-electron chi connectivity index (χ1n) is 8.87. The molecule has 1 aliphatic carbocycles. The lowest BCUT2D eigenvalue weighted by atomic mass is 10.2. The molecule has 5 nitrogen and oxygen atoms in total. The van der Waals surface area contributed by atoms with Crippen molar-refractivity contribution in [2.45, 2.75) is 19.4 Å². The zero-order chi connectivity index (χ0) is 19.5. The van der Waals surface area contributed by atoms with E-state index in [1.54, 1.807) is 36.4 Å². The Kier molecular flexibility index (Phi) is 5.16. The fourth-order valence-corrected chi connectivity index (χ4v) is 3.41. The molecule has 142 valence electrons. The third-order valence-corrected chi connectivity index (χ3v) is 5.27. The molecule has 1 heterocycles. The molecule has 1 amide bonds. The second-order valence-electron chi connectivity index (χ2n) is 6.57. The summed E-state index contributed by atoms with van der Waals surface area (Å²) in [4.78, 5) is 28.4. The molecule has 0 saturated heterocycles. The zero-order valence-corrected chi connectivity index (χ0v) is 15.7. The van der Waals surface area contributed by atoms with Crippen molar-refractivity contribution in [3.63, 3.8) is 0 Å². The van der Waals surface area contributed by atoms with Crippen LogP contribution >= 0.6 is 11.3 Å². The Hall–Kier alpha value is -3.06. The number of benzene rings is 2. The summed E-state index contributed by atoms with van der Waals surface area (Å²) in [6, 6.07) is 12.7. The van der Waals surface area contributed by atoms with Crippen molar-refractivity contribution in [3.8, 4) is 10.6 Å². The molecule has 0 aliphatic heterocycles. The fraction of sp³-hybridized carbons (Fsp3) is 0.190. The van der Waals surface area contributed by atoms with Gasteiger partial charge in [-0.3, -0.25) is 4.79 Å². The first-order valence-corrected chi connectivity index (χ1v) is 9.75. The lowest BCUT2D eigenvalue weighted by Gasteiger charge is -2.06. The molecular formula is C21H17FN2O3S. The summed E-state index contributed by atoms with van der Waals surface area (Å²) >= 11 is 1.41. The van der Waals surface area contributed by atoms with Crippen LogP contribution in [-0.4, -0.2) is 16.9 Å². The predicted molar refractivity (Wildman–Crippen MR) is 104 cm³/mol. The van der Waals surface area contributed by atoms with E-state index < -0.39 is 5.97 Å². The number of ether oxygens (including phenoxy) is 1. The standard InChI is InChI=1S/C21H17FN2O3S/c22-16-7-3-14(4-8-16)20-24-18(12-28-20)11-27-21(26)15-5-9-17(10-6-15)23-19(25)13-1-2-13/h3-10,12-13H,1-2,11H2,(H,23,25). The van der Waals surface area contributed by atoms with E-state index in [1.165, 1.54) is 23.5 Å². The van der Waals surface area contributed by atoms with Crippen LogP contribution in [0, 0.1) is 11.7 Å². The van der Waals surface area contributed by atoms with Crippen LogP contribution in [0.2, 0.25) is 0 Å². The van der Waals surface area contributed by atoms with Crippen LogP contribution in [0.25, 0.3) is 10.6 Å². The third kappa shape index (κ3) is 4.43. The maximum absolute atomic E-state index is 13.0. The molecule has 7 heteroatoms. The molecule has 2 aromatic carbocycles. The van der Waals surface area contributed by atoms with Crippen LogP contribution in [0.1, 0.15) is 28.9 Å². The number of rotatable bonds is 6. The summed E-state index contributed by atoms with van der Waals surface area (Å²) in [6.07, 6.45) is 1.88. The molecule has 0 atom stereocenters. The lowest BCUT2D eigenvalue weighted by Crippen LogP contribution is -2.13. The number of aromatic nitrogens is 1. The Labute approximate surface area is 165 Å². The van der Waals surface area contributed by atoms with Crippen molar-refractivity contribution in [2.75, 3.05) is 5.32 Å². The van der Waals surface area contributed by atoms with Gasteiger partial charge in [-0.2, -0.15) is 0 Å². The summed E-state index contributed by atoms with van der Waals surface area (Å²) < 4.78 is 18.3. The van der Waals surface area contributed by atoms with Gasteiger partial charge in [0.1, 0.15) is 17.4 Å². The van der Waals surface area contributed by atoms with Crippen LogP contribution in [0.5, 0.6) is 0 Å². The molecule has 3 aromatic rings. The number of amides is 1. The highest BCUT2D eigenvalue weighted by Gasteiger charge is 2.29. The van der Waals surface area contributed by atoms with Gasteiger partial charge >= 0.3 is 5.97 Å². The van der Waals surface area contributed by atoms with Crippen molar-refractivity contribution < 1.29 is 18.7 Å². The zero-order valence-electron chi connectivity index (χ0n) is 14.9. The average Bonchev–Trinajstić information content (AvgIpc) is 3.46. The number of thiazole rings is 1. The number of anilines is 1. The van der Waals surface area contributed by atoms with Gasteiger partial charge in [0.15, 0.2) is 0 Å². The topological polar surface area (TPSA) is 68.3 Å². The molecule has 1 fully saturated rings. The first kappa shape index (κ1) is 18.3. The average molecular weight is 396 g/mol. The molecule has 4 rings (SSSR count). The van der Waals surface area contributed by atoms with E-state index >= 15 is 0 Å². The van der Waals surface area contributed by atoms with Crippen LogP contribution in [0.4, 0.5) is 10.1 Å². The monoisotopic (exact) mass is 396 g/mol. The molecule has 0 spiro atoms. The third-order valence-electron chi connectivity index (χ3n) is 4.33. The lowest BCUT2D eigenvalue weighted by molar-refractivity contribution is -0.117. The Morgan fingerprint density at radius 1 is 1.11 bits per heavy atom. The van der Waals surface area contributed by atoms with E-state index in [0.29, 0.717) is 16.9 Å². The number of nitrogens with zero attached hydrogens (tertiary/aromatic N) is 1. The van der Waals surface area contributed by atoms with E-state index in [4.69, 9.17) is 4.74 Å². The van der Waals surface area contributed by atoms with E-state index in [-0.39, 0.29) is 24.2 Å². The Morgan fingerprint density at radius 2 is 1.82 bits per heavy atom. The Morgan fingerprint density at radius 3 is 2.50 bits per heavy atom. The van der Waals surface area contributed by atoms with Crippen molar-refractivity contribution in [2.24, 2.45) is 5.92 Å². The van der Waals surface area contributed by atoms with Gasteiger partial charge in [0.2, 0.25) is 5.91 Å². The van der Waals surface area contributed by atoms with Crippen LogP contribution in [0.15, 0.2) is 53.9 Å². The highest BCUT2D eigenvalue weighted by atomic mass is 32.1. The van der Waals surface area contributed by atoms with E-state index in [2.05, 4.69) is 10.3 Å². The minimum absolute atomic E-state index is 0.0239. The number of esters is 1. The van der Waals surface area contributed by atoms with Crippen molar-refractivity contribution in [3.05, 3.63) is 71.0 Å². The van der Waals surface area contributed by atoms with Crippen LogP contribution < -0.4 is 5.32 Å². The van der Waals surface area contributed by atoms with Crippen molar-refractivity contribution in [1.29, 1.82) is 0 Å². The molecular weight excluding hydrogens is 379 g/mol. The summed E-state index contributed by atoms with van der Waals surface area (Å²) in [5, 5.41) is 5.37. The SMILES string of the molecule is O=C(OCc1csc(-c2ccc(F)cc2)n1)c1ccc(NC(=O)C2CC2)cc1. The molecule has 1 aromatic heterocycles. The summed E-state index contributed by atoms with van der Waals surface area (Å²) in [5.74, 6) is -0.609. The number of nitrogens with one attached hydrogen (secondary N) is 1. The van der Waals surface area contributed by atoms with Gasteiger partial charge in [0, 0.05) is 22.5 Å². The van der Waals surface area contributed by atoms with Gasteiger partial charge in [-0.25, -0.2) is 14.2 Å². The van der Waals surface area contributed by atoms with Crippen molar-refractivity contribution in [1.82, 2.24) is 4.98 Å². The smallest absolute Gasteiger partial charge is 0.338 e. The number of carbonyl (C=O) groups excluding carboxylic acids is 2. The first-order chi connectivity index (χ1) is 13.6. The Balaban J connectivity index is 1.32. The normalized spacial score (nSPS) is 13.2. The number of carbonyl (C=O) groups is 2. The molecule has 1 aliphatic rings. The summed E-state index contributed by atoms with van der Waals surface area (Å²) in [5.41, 5.74) is 2.51. The number of hydrogen-bond donors (Lipinski definition) is 1. The van der Waals surface area contributed by atoms with Gasteiger partial charge in [0.25, 0.3) is 0 Å². The van der Waals surface area contributed by atoms with E-state index in [9.17, 15) is 14.0 Å². The molecule has 28 heavy (non-hydrogen) atoms. The fourth-order valence-electron chi connectivity index (χ4n) is 2.60. The van der Waals surface area contributed by atoms with Gasteiger partial charge in [-0.15, -0.1) is 11.3 Å². The highest BCUT2D eigenvalue weighted by molar-refractivity contribution is 7.13. The second-order valence-corrected chi connectivity index (χ2v) is 7.43. The van der Waals surface area contributed by atoms with Gasteiger partial charge < -0.3 is 10.1 Å². The quantitative estimate of drug-likeness (QED) is 0.616. The van der Waals surface area contributed by atoms with Gasteiger partial charge in [0.05, 0.1) is 11.3 Å². The Bertz CT molecular complexity index is 995. The molecule has 1 N–H and O–H groups in total. The predicted octanol–water partition coefficient (Wildman–Crippen LogP) is 4.65. The van der Waals surface area contributed by atoms with Gasteiger partial charge in [-0.1, -0.05) is 0 Å². The maximum Gasteiger partial charge on any atom is 0.338 e. The van der Waals surface area contributed by atoms with Crippen LogP contribution in [0.3, 0.4) is 0 Å². The largest absolute Gasteiger partial charge is 0.456 e. The number of halogens is 1. The van der Waals surface area contributed by atoms with Gasteiger partial charge in [-0.05, 0) is 61.4 Å². The molecule has 1 saturated carbocycles. The van der Waals surface area contributed by atoms with Crippen LogP contribution in [-0.2, 0) is 16.1 Å².